The molecule has 1 amide bonds. The van der Waals surface area contributed by atoms with Crippen LogP contribution in [0.4, 0.5) is 11.4 Å². The summed E-state index contributed by atoms with van der Waals surface area (Å²) in [4.78, 5) is 12.2. The molecule has 0 unspecified atom stereocenters. The zero-order chi connectivity index (χ0) is 22.1. The Morgan fingerprint density at radius 3 is 2.03 bits per heavy atom. The first-order valence-corrected chi connectivity index (χ1v) is 9.73. The summed E-state index contributed by atoms with van der Waals surface area (Å²) < 4.78 is 21.5. The zero-order valence-corrected chi connectivity index (χ0v) is 17.8. The minimum atomic E-state index is -0.247. The summed E-state index contributed by atoms with van der Waals surface area (Å²) in [5.41, 5.74) is 2.70. The maximum absolute atomic E-state index is 12.2. The van der Waals surface area contributed by atoms with E-state index in [2.05, 4.69) is 10.6 Å². The molecule has 0 spiro atoms. The molecule has 0 fully saturated rings. The molecule has 0 saturated heterocycles. The monoisotopic (exact) mass is 422 g/mol. The predicted octanol–water partition coefficient (Wildman–Crippen LogP) is 4.15. The van der Waals surface area contributed by atoms with Crippen molar-refractivity contribution in [3.05, 3.63) is 72.3 Å². The molecule has 0 radical (unpaired) electrons. The van der Waals surface area contributed by atoms with Gasteiger partial charge in [0.1, 0.15) is 11.5 Å². The molecule has 0 aliphatic carbocycles. The fourth-order valence-corrected chi connectivity index (χ4v) is 2.95. The van der Waals surface area contributed by atoms with Gasteiger partial charge in [0.05, 0.1) is 21.3 Å². The first-order valence-electron chi connectivity index (χ1n) is 9.73. The molecule has 162 valence electrons. The van der Waals surface area contributed by atoms with Crippen LogP contribution in [0.3, 0.4) is 0 Å². The van der Waals surface area contributed by atoms with Crippen molar-refractivity contribution >= 4 is 17.3 Å². The molecule has 0 aliphatic rings. The van der Waals surface area contributed by atoms with Gasteiger partial charge in [-0.15, -0.1) is 0 Å². The van der Waals surface area contributed by atoms with Crippen molar-refractivity contribution in [1.29, 1.82) is 0 Å². The summed E-state index contributed by atoms with van der Waals surface area (Å²) in [6.07, 6.45) is 0. The number of amides is 1. The highest BCUT2D eigenvalue weighted by Gasteiger charge is 2.13. The van der Waals surface area contributed by atoms with Crippen molar-refractivity contribution in [3.8, 4) is 23.0 Å². The Balaban J connectivity index is 1.51. The Hall–Kier alpha value is -3.87. The molecule has 7 nitrogen and oxygen atoms in total. The van der Waals surface area contributed by atoms with Crippen LogP contribution in [0.2, 0.25) is 0 Å². The topological polar surface area (TPSA) is 78.0 Å². The molecule has 2 N–H and O–H groups in total. The normalized spacial score (nSPS) is 10.2. The lowest BCUT2D eigenvalue weighted by Crippen LogP contribution is -2.28. The van der Waals surface area contributed by atoms with E-state index in [9.17, 15) is 4.79 Å². The van der Waals surface area contributed by atoms with E-state index in [0.29, 0.717) is 23.0 Å². The third kappa shape index (κ3) is 6.05. The Morgan fingerprint density at radius 2 is 1.39 bits per heavy atom. The Morgan fingerprint density at radius 1 is 0.774 bits per heavy atom. The fraction of sp³-hybridized carbons (Fsp3) is 0.208. The molecule has 0 atom stereocenters. The van der Waals surface area contributed by atoms with Gasteiger partial charge in [-0.2, -0.15) is 0 Å². The van der Waals surface area contributed by atoms with E-state index in [0.717, 1.165) is 16.9 Å². The van der Waals surface area contributed by atoms with Crippen LogP contribution in [0.25, 0.3) is 0 Å². The summed E-state index contributed by atoms with van der Waals surface area (Å²) in [7, 11) is 4.67. The predicted molar refractivity (Wildman–Crippen MR) is 120 cm³/mol. The van der Waals surface area contributed by atoms with Gasteiger partial charge in [-0.3, -0.25) is 4.79 Å². The Kier molecular flexibility index (Phi) is 7.59. The third-order valence-electron chi connectivity index (χ3n) is 4.55. The summed E-state index contributed by atoms with van der Waals surface area (Å²) in [5.74, 6) is 2.08. The highest BCUT2D eigenvalue weighted by atomic mass is 16.5. The second-order valence-electron chi connectivity index (χ2n) is 6.60. The molecule has 0 heterocycles. The van der Waals surface area contributed by atoms with Gasteiger partial charge in [-0.25, -0.2) is 0 Å². The number of carbonyl (C=O) groups is 1. The molecule has 0 bridgehead atoms. The standard InChI is InChI=1S/C24H26N2O5/c1-28-21-14-23(30-3)22(29-2)13-17(21)15-25-24(27)16-31-20-11-9-19(10-12-20)26-18-7-5-4-6-8-18/h4-14,26H,15-16H2,1-3H3,(H,25,27). The molecular formula is C24H26N2O5. The number of methoxy groups -OCH3 is 3. The summed E-state index contributed by atoms with van der Waals surface area (Å²) in [5, 5.41) is 6.12. The third-order valence-corrected chi connectivity index (χ3v) is 4.55. The molecule has 3 aromatic rings. The lowest BCUT2D eigenvalue weighted by atomic mass is 10.1. The van der Waals surface area contributed by atoms with Gasteiger partial charge >= 0.3 is 0 Å². The van der Waals surface area contributed by atoms with E-state index in [1.165, 1.54) is 0 Å². The van der Waals surface area contributed by atoms with E-state index < -0.39 is 0 Å². The number of anilines is 2. The highest BCUT2D eigenvalue weighted by molar-refractivity contribution is 5.77. The van der Waals surface area contributed by atoms with Crippen molar-refractivity contribution in [2.45, 2.75) is 6.54 Å². The SMILES string of the molecule is COc1cc(OC)c(OC)cc1CNC(=O)COc1ccc(Nc2ccccc2)cc1. The van der Waals surface area contributed by atoms with Crippen molar-refractivity contribution in [3.63, 3.8) is 0 Å². The van der Waals surface area contributed by atoms with Gasteiger partial charge in [-0.05, 0) is 42.5 Å². The zero-order valence-electron chi connectivity index (χ0n) is 17.8. The fourth-order valence-electron chi connectivity index (χ4n) is 2.95. The van der Waals surface area contributed by atoms with Gasteiger partial charge in [-0.1, -0.05) is 18.2 Å². The largest absolute Gasteiger partial charge is 0.496 e. The number of para-hydroxylation sites is 1. The van der Waals surface area contributed by atoms with E-state index in [4.69, 9.17) is 18.9 Å². The Bertz CT molecular complexity index is 991. The maximum atomic E-state index is 12.2. The van der Waals surface area contributed by atoms with Gasteiger partial charge in [0.15, 0.2) is 18.1 Å². The summed E-state index contributed by atoms with van der Waals surface area (Å²) >= 11 is 0. The quantitative estimate of drug-likeness (QED) is 0.511. The van der Waals surface area contributed by atoms with Crippen LogP contribution in [0.5, 0.6) is 23.0 Å². The lowest BCUT2D eigenvalue weighted by molar-refractivity contribution is -0.123. The number of carbonyl (C=O) groups excluding carboxylic acids is 1. The van der Waals surface area contributed by atoms with E-state index in [1.54, 1.807) is 33.5 Å². The van der Waals surface area contributed by atoms with Crippen molar-refractivity contribution in [1.82, 2.24) is 5.32 Å². The number of benzene rings is 3. The second kappa shape index (κ2) is 10.8. The van der Waals surface area contributed by atoms with Crippen molar-refractivity contribution in [2.24, 2.45) is 0 Å². The van der Waals surface area contributed by atoms with Crippen LogP contribution in [0.1, 0.15) is 5.56 Å². The smallest absolute Gasteiger partial charge is 0.258 e. The average Bonchev–Trinajstić information content (AvgIpc) is 2.82. The average molecular weight is 422 g/mol. The van der Waals surface area contributed by atoms with E-state index >= 15 is 0 Å². The first-order chi connectivity index (χ1) is 15.1. The molecule has 0 aliphatic heterocycles. The van der Waals surface area contributed by atoms with Crippen LogP contribution in [0, 0.1) is 0 Å². The lowest BCUT2D eigenvalue weighted by Gasteiger charge is -2.15. The van der Waals surface area contributed by atoms with Crippen LogP contribution >= 0.6 is 0 Å². The number of hydrogen-bond acceptors (Lipinski definition) is 6. The number of hydrogen-bond donors (Lipinski definition) is 2. The maximum Gasteiger partial charge on any atom is 0.258 e. The molecule has 0 saturated carbocycles. The molecule has 7 heteroatoms. The minimum Gasteiger partial charge on any atom is -0.496 e. The number of ether oxygens (including phenoxy) is 4. The van der Waals surface area contributed by atoms with Crippen molar-refractivity contribution in [2.75, 3.05) is 33.3 Å². The van der Waals surface area contributed by atoms with E-state index in [1.807, 2.05) is 54.6 Å². The van der Waals surface area contributed by atoms with Crippen LogP contribution < -0.4 is 29.6 Å². The summed E-state index contributed by atoms with van der Waals surface area (Å²) in [6.45, 7) is 0.173. The molecule has 3 aromatic carbocycles. The molecular weight excluding hydrogens is 396 g/mol. The molecule has 31 heavy (non-hydrogen) atoms. The minimum absolute atomic E-state index is 0.0962. The van der Waals surface area contributed by atoms with Gasteiger partial charge in [0.25, 0.3) is 5.91 Å². The number of rotatable bonds is 10. The summed E-state index contributed by atoms with van der Waals surface area (Å²) in [6, 6.07) is 20.8. The van der Waals surface area contributed by atoms with Crippen LogP contribution in [0.15, 0.2) is 66.7 Å². The van der Waals surface area contributed by atoms with Crippen molar-refractivity contribution < 1.29 is 23.7 Å². The van der Waals surface area contributed by atoms with E-state index in [-0.39, 0.29) is 19.1 Å². The first kappa shape index (κ1) is 21.8. The second-order valence-corrected chi connectivity index (χ2v) is 6.60. The molecule has 0 aromatic heterocycles. The number of nitrogens with one attached hydrogen (secondary N) is 2. The van der Waals surface area contributed by atoms with Gasteiger partial charge in [0.2, 0.25) is 0 Å². The van der Waals surface area contributed by atoms with Crippen LogP contribution in [-0.2, 0) is 11.3 Å². The van der Waals surface area contributed by atoms with Crippen LogP contribution in [-0.4, -0.2) is 33.8 Å². The Labute approximate surface area is 181 Å². The van der Waals surface area contributed by atoms with Gasteiger partial charge in [0, 0.05) is 29.5 Å². The molecule has 3 rings (SSSR count). The van der Waals surface area contributed by atoms with Gasteiger partial charge < -0.3 is 29.6 Å². The highest BCUT2D eigenvalue weighted by Crippen LogP contribution is 2.34.